The lowest BCUT2D eigenvalue weighted by molar-refractivity contribution is 0.0387. The van der Waals surface area contributed by atoms with E-state index in [1.807, 2.05) is 0 Å². The maximum atomic E-state index is 10.5. The molecule has 2 rings (SSSR count). The van der Waals surface area contributed by atoms with Gasteiger partial charge in [0.05, 0.1) is 6.10 Å². The summed E-state index contributed by atoms with van der Waals surface area (Å²) in [6.45, 7) is 0. The fraction of sp³-hybridized carbons (Fsp3) is 0.625. The van der Waals surface area contributed by atoms with Crippen LogP contribution in [0.3, 0.4) is 0 Å². The van der Waals surface area contributed by atoms with Crippen LogP contribution in [-0.2, 0) is 4.74 Å². The van der Waals surface area contributed by atoms with Crippen molar-refractivity contribution in [1.29, 1.82) is 0 Å². The molecule has 0 bridgehead atoms. The maximum Gasteiger partial charge on any atom is 0.393 e. The minimum atomic E-state index is -1.24. The molecule has 1 aliphatic heterocycles. The van der Waals surface area contributed by atoms with E-state index in [4.69, 9.17) is 25.9 Å². The monoisotopic (exact) mass is 232 g/mol. The van der Waals surface area contributed by atoms with E-state index >= 15 is 0 Å². The molecule has 0 aliphatic carbocycles. The second kappa shape index (κ2) is 4.16. The quantitative estimate of drug-likeness (QED) is 0.789. The highest BCUT2D eigenvalue weighted by Gasteiger charge is 2.30. The van der Waals surface area contributed by atoms with Crippen molar-refractivity contribution in [2.24, 2.45) is 0 Å². The Bertz CT molecular complexity index is 367. The van der Waals surface area contributed by atoms with Gasteiger partial charge in [0, 0.05) is 5.88 Å². The van der Waals surface area contributed by atoms with E-state index in [1.165, 1.54) is 0 Å². The van der Waals surface area contributed by atoms with Crippen LogP contribution in [-0.4, -0.2) is 33.3 Å². The van der Waals surface area contributed by atoms with Crippen LogP contribution >= 0.6 is 11.6 Å². The normalized spacial score (nSPS) is 25.7. The summed E-state index contributed by atoms with van der Waals surface area (Å²) >= 11 is 5.63. The van der Waals surface area contributed by atoms with Gasteiger partial charge in [-0.3, -0.25) is 0 Å². The van der Waals surface area contributed by atoms with Crippen molar-refractivity contribution in [3.05, 3.63) is 11.8 Å². The number of carboxylic acids is 1. The smallest absolute Gasteiger partial charge is 0.393 e. The van der Waals surface area contributed by atoms with Crippen LogP contribution in [0.2, 0.25) is 0 Å². The standard InChI is InChI=1S/C8H9ClN2O4/c9-3-4-1-2-5(14-4)6-10-11-7(15-6)8(12)13/h4-5H,1-3H2,(H,12,13)/t4-,5-/m1/s1. The number of hydrogen-bond donors (Lipinski definition) is 1. The number of aromatic carboxylic acids is 1. The first kappa shape index (κ1) is 10.4. The molecule has 7 heteroatoms. The number of carboxylic acid groups (broad SMARTS) is 1. The van der Waals surface area contributed by atoms with Crippen LogP contribution in [0.5, 0.6) is 0 Å². The Morgan fingerprint density at radius 1 is 1.53 bits per heavy atom. The molecule has 82 valence electrons. The van der Waals surface area contributed by atoms with Crippen molar-refractivity contribution in [1.82, 2.24) is 10.2 Å². The molecule has 15 heavy (non-hydrogen) atoms. The van der Waals surface area contributed by atoms with Crippen LogP contribution < -0.4 is 0 Å². The summed E-state index contributed by atoms with van der Waals surface area (Å²) in [6, 6.07) is 0. The van der Waals surface area contributed by atoms with Crippen molar-refractivity contribution < 1.29 is 19.1 Å². The van der Waals surface area contributed by atoms with Gasteiger partial charge in [0.25, 0.3) is 0 Å². The summed E-state index contributed by atoms with van der Waals surface area (Å²) in [5.74, 6) is -1.03. The van der Waals surface area contributed by atoms with E-state index in [-0.39, 0.29) is 18.1 Å². The molecule has 6 nitrogen and oxygen atoms in total. The Balaban J connectivity index is 2.07. The summed E-state index contributed by atoms with van der Waals surface area (Å²) in [5.41, 5.74) is 0. The Morgan fingerprint density at radius 2 is 2.33 bits per heavy atom. The number of aromatic nitrogens is 2. The molecular weight excluding hydrogens is 224 g/mol. The number of alkyl halides is 1. The fourth-order valence-electron chi connectivity index (χ4n) is 1.45. The van der Waals surface area contributed by atoms with Gasteiger partial charge in [-0.2, -0.15) is 0 Å². The predicted molar refractivity (Wildman–Crippen MR) is 48.8 cm³/mol. The van der Waals surface area contributed by atoms with E-state index in [2.05, 4.69) is 10.2 Å². The summed E-state index contributed by atoms with van der Waals surface area (Å²) in [5, 5.41) is 15.6. The first-order valence-corrected chi connectivity index (χ1v) is 5.02. The second-order valence-electron chi connectivity index (χ2n) is 3.23. The Kier molecular flexibility index (Phi) is 2.88. The molecule has 0 amide bonds. The molecule has 2 atom stereocenters. The van der Waals surface area contributed by atoms with Gasteiger partial charge in [-0.05, 0) is 12.8 Å². The molecule has 0 radical (unpaired) electrons. The van der Waals surface area contributed by atoms with E-state index in [9.17, 15) is 4.79 Å². The van der Waals surface area contributed by atoms with Gasteiger partial charge in [-0.25, -0.2) is 4.79 Å². The largest absolute Gasteiger partial charge is 0.474 e. The minimum Gasteiger partial charge on any atom is -0.474 e. The Labute approximate surface area is 90.2 Å². The molecule has 1 aromatic heterocycles. The van der Waals surface area contributed by atoms with Crippen molar-refractivity contribution in [2.75, 3.05) is 5.88 Å². The third-order valence-electron chi connectivity index (χ3n) is 2.18. The van der Waals surface area contributed by atoms with E-state index in [1.54, 1.807) is 0 Å². The summed E-state index contributed by atoms with van der Waals surface area (Å²) < 4.78 is 10.4. The third-order valence-corrected chi connectivity index (χ3v) is 2.52. The molecular formula is C8H9ClN2O4. The van der Waals surface area contributed by atoms with E-state index in [0.717, 1.165) is 12.8 Å². The molecule has 1 fully saturated rings. The van der Waals surface area contributed by atoms with Gasteiger partial charge < -0.3 is 14.3 Å². The maximum absolute atomic E-state index is 10.5. The van der Waals surface area contributed by atoms with Gasteiger partial charge in [0.1, 0.15) is 6.10 Å². The van der Waals surface area contributed by atoms with Gasteiger partial charge in [-0.15, -0.1) is 21.8 Å². The minimum absolute atomic E-state index is 0.0168. The highest BCUT2D eigenvalue weighted by molar-refractivity contribution is 6.18. The highest BCUT2D eigenvalue weighted by Crippen LogP contribution is 2.32. The molecule has 0 saturated carbocycles. The number of halogens is 1. The van der Waals surface area contributed by atoms with Crippen molar-refractivity contribution in [3.8, 4) is 0 Å². The number of nitrogens with zero attached hydrogens (tertiary/aromatic N) is 2. The van der Waals surface area contributed by atoms with Gasteiger partial charge in [0.2, 0.25) is 5.89 Å². The lowest BCUT2D eigenvalue weighted by atomic mass is 10.2. The third kappa shape index (κ3) is 2.10. The second-order valence-corrected chi connectivity index (χ2v) is 3.54. The molecule has 1 aliphatic rings. The first-order chi connectivity index (χ1) is 7.20. The van der Waals surface area contributed by atoms with Crippen LogP contribution in [0, 0.1) is 0 Å². The molecule has 1 aromatic rings. The lowest BCUT2D eigenvalue weighted by Crippen LogP contribution is -2.07. The molecule has 0 spiro atoms. The SMILES string of the molecule is O=C(O)c1nnc([C@H]2CC[C@H](CCl)O2)o1. The predicted octanol–water partition coefficient (Wildman–Crippen LogP) is 1.23. The zero-order chi connectivity index (χ0) is 10.8. The zero-order valence-corrected chi connectivity index (χ0v) is 8.48. The topological polar surface area (TPSA) is 85.5 Å². The van der Waals surface area contributed by atoms with Gasteiger partial charge in [-0.1, -0.05) is 0 Å². The van der Waals surface area contributed by atoms with Crippen molar-refractivity contribution in [3.63, 3.8) is 0 Å². The number of rotatable bonds is 3. The van der Waals surface area contributed by atoms with Gasteiger partial charge >= 0.3 is 11.9 Å². The van der Waals surface area contributed by atoms with Crippen LogP contribution in [0.4, 0.5) is 0 Å². The average molecular weight is 233 g/mol. The molecule has 0 aromatic carbocycles. The molecule has 1 N–H and O–H groups in total. The zero-order valence-electron chi connectivity index (χ0n) is 7.72. The van der Waals surface area contributed by atoms with Crippen molar-refractivity contribution in [2.45, 2.75) is 25.0 Å². The summed E-state index contributed by atoms with van der Waals surface area (Å²) in [7, 11) is 0. The van der Waals surface area contributed by atoms with Crippen LogP contribution in [0.15, 0.2) is 4.42 Å². The van der Waals surface area contributed by atoms with Crippen LogP contribution in [0.1, 0.15) is 35.5 Å². The van der Waals surface area contributed by atoms with Crippen molar-refractivity contribution >= 4 is 17.6 Å². The summed E-state index contributed by atoms with van der Waals surface area (Å²) in [4.78, 5) is 10.5. The Morgan fingerprint density at radius 3 is 2.87 bits per heavy atom. The molecule has 2 heterocycles. The fourth-order valence-corrected chi connectivity index (χ4v) is 1.68. The van der Waals surface area contributed by atoms with Crippen LogP contribution in [0.25, 0.3) is 0 Å². The molecule has 0 unspecified atom stereocenters. The highest BCUT2D eigenvalue weighted by atomic mass is 35.5. The number of ether oxygens (including phenoxy) is 1. The van der Waals surface area contributed by atoms with E-state index < -0.39 is 11.9 Å². The number of hydrogen-bond acceptors (Lipinski definition) is 5. The Hall–Kier alpha value is -1.14. The first-order valence-electron chi connectivity index (χ1n) is 4.49. The van der Waals surface area contributed by atoms with E-state index in [0.29, 0.717) is 5.88 Å². The lowest BCUT2D eigenvalue weighted by Gasteiger charge is -2.06. The number of carbonyl (C=O) groups is 1. The molecule has 1 saturated heterocycles. The summed E-state index contributed by atoms with van der Waals surface area (Å²) in [6.07, 6.45) is 1.20. The van der Waals surface area contributed by atoms with Gasteiger partial charge in [0.15, 0.2) is 0 Å². The average Bonchev–Trinajstić information content (AvgIpc) is 2.86.